The Bertz CT molecular complexity index is 1010. The van der Waals surface area contributed by atoms with Crippen LogP contribution in [0.4, 0.5) is 8.78 Å². The largest absolute Gasteiger partial charge is 0.387 e. The number of hydrogen-bond donors (Lipinski definition) is 2. The summed E-state index contributed by atoms with van der Waals surface area (Å²) in [4.78, 5) is 28.1. The van der Waals surface area contributed by atoms with E-state index >= 15 is 0 Å². The van der Waals surface area contributed by atoms with Crippen molar-refractivity contribution in [2.75, 3.05) is 25.2 Å². The summed E-state index contributed by atoms with van der Waals surface area (Å²) in [5.41, 5.74) is 0.164. The van der Waals surface area contributed by atoms with E-state index in [4.69, 9.17) is 14.2 Å². The first-order valence-corrected chi connectivity index (χ1v) is 13.7. The number of amides is 2. The molecule has 2 aliphatic heterocycles. The van der Waals surface area contributed by atoms with Gasteiger partial charge < -0.3 is 29.5 Å². The highest BCUT2D eigenvalue weighted by Gasteiger charge is 2.48. The highest BCUT2D eigenvalue weighted by Crippen LogP contribution is 2.31. The van der Waals surface area contributed by atoms with E-state index in [1.165, 1.54) is 35.9 Å². The normalized spacial score (nSPS) is 27.3. The summed E-state index contributed by atoms with van der Waals surface area (Å²) in [5, 5.41) is 13.8. The molecular formula is C27H38F2N2O6S. The standard InChI is InChI=1S/C27H38F2N2O6S/c1-26(2,3)8-7-20-21(32)22(37-27(4,5)36-20)23(35-6)24(33)30-19-15-38-10-9-31(25(19)34)14-16-11-17(28)13-18(29)12-16/h7-8,11-13,19-23,32H,9-10,14-15H2,1-6H3,(H,30,33)/b8-7+/t19?,20-,21+,22-,23-/m1/s1. The van der Waals surface area contributed by atoms with Crippen molar-refractivity contribution < 1.29 is 37.7 Å². The van der Waals surface area contributed by atoms with Gasteiger partial charge >= 0.3 is 0 Å². The first kappa shape index (κ1) is 30.5. The second kappa shape index (κ2) is 12.4. The number of carbonyl (C=O) groups excluding carboxylic acids is 2. The quantitative estimate of drug-likeness (QED) is 0.499. The van der Waals surface area contributed by atoms with Crippen LogP contribution in [0, 0.1) is 17.0 Å². The van der Waals surface area contributed by atoms with Gasteiger partial charge in [0, 0.05) is 37.8 Å². The first-order chi connectivity index (χ1) is 17.7. The molecule has 0 saturated carbocycles. The SMILES string of the molecule is CO[C@@H](C(=O)NC1CSCCN(Cc2cc(F)cc(F)c2)C1=O)[C@@H]1OC(C)(C)O[C@H](/C=C/C(C)(C)C)[C@@H]1O. The van der Waals surface area contributed by atoms with Gasteiger partial charge in [-0.2, -0.15) is 11.8 Å². The molecule has 0 aromatic heterocycles. The van der Waals surface area contributed by atoms with Gasteiger partial charge in [-0.05, 0) is 37.0 Å². The Morgan fingerprint density at radius 3 is 2.55 bits per heavy atom. The maximum Gasteiger partial charge on any atom is 0.252 e. The molecule has 2 heterocycles. The molecule has 2 amide bonds. The fourth-order valence-corrected chi connectivity index (χ4v) is 5.37. The number of rotatable bonds is 7. The third-order valence-electron chi connectivity index (χ3n) is 6.12. The van der Waals surface area contributed by atoms with Crippen LogP contribution in [0.2, 0.25) is 0 Å². The Balaban J connectivity index is 1.75. The van der Waals surface area contributed by atoms with Gasteiger partial charge in [-0.25, -0.2) is 8.78 Å². The van der Waals surface area contributed by atoms with Crippen LogP contribution in [0.25, 0.3) is 0 Å². The predicted molar refractivity (Wildman–Crippen MR) is 140 cm³/mol. The fraction of sp³-hybridized carbons (Fsp3) is 0.630. The fourth-order valence-electron chi connectivity index (χ4n) is 4.39. The number of ether oxygens (including phenoxy) is 3. The van der Waals surface area contributed by atoms with Gasteiger partial charge in [-0.15, -0.1) is 0 Å². The molecule has 2 aliphatic rings. The van der Waals surface area contributed by atoms with Crippen LogP contribution in [0.5, 0.6) is 0 Å². The zero-order chi connectivity index (χ0) is 28.3. The minimum absolute atomic E-state index is 0.00587. The van der Waals surface area contributed by atoms with E-state index in [0.717, 1.165) is 6.07 Å². The topological polar surface area (TPSA) is 97.3 Å². The molecule has 8 nitrogen and oxygen atoms in total. The smallest absolute Gasteiger partial charge is 0.252 e. The molecule has 0 aliphatic carbocycles. The summed E-state index contributed by atoms with van der Waals surface area (Å²) < 4.78 is 44.6. The minimum Gasteiger partial charge on any atom is -0.387 e. The van der Waals surface area contributed by atoms with Crippen molar-refractivity contribution in [2.24, 2.45) is 5.41 Å². The number of methoxy groups -OCH3 is 1. The zero-order valence-electron chi connectivity index (χ0n) is 22.7. The van der Waals surface area contributed by atoms with E-state index in [1.807, 2.05) is 26.8 Å². The molecule has 0 radical (unpaired) electrons. The van der Waals surface area contributed by atoms with Crippen LogP contribution in [0.1, 0.15) is 40.2 Å². The molecule has 212 valence electrons. The van der Waals surface area contributed by atoms with E-state index in [9.17, 15) is 23.5 Å². The van der Waals surface area contributed by atoms with E-state index in [1.54, 1.807) is 19.9 Å². The van der Waals surface area contributed by atoms with Crippen molar-refractivity contribution in [2.45, 2.75) is 77.4 Å². The average Bonchev–Trinajstić information content (AvgIpc) is 2.95. The summed E-state index contributed by atoms with van der Waals surface area (Å²) in [7, 11) is 1.33. The Morgan fingerprint density at radius 2 is 1.95 bits per heavy atom. The van der Waals surface area contributed by atoms with E-state index in [2.05, 4.69) is 5.32 Å². The number of nitrogens with zero attached hydrogens (tertiary/aromatic N) is 1. The van der Waals surface area contributed by atoms with Crippen LogP contribution >= 0.6 is 11.8 Å². The van der Waals surface area contributed by atoms with Crippen molar-refractivity contribution in [1.29, 1.82) is 0 Å². The Morgan fingerprint density at radius 1 is 1.29 bits per heavy atom. The minimum atomic E-state index is -1.23. The number of aliphatic hydroxyl groups excluding tert-OH is 1. The lowest BCUT2D eigenvalue weighted by molar-refractivity contribution is -0.334. The van der Waals surface area contributed by atoms with E-state index in [0.29, 0.717) is 23.6 Å². The molecule has 5 atom stereocenters. The summed E-state index contributed by atoms with van der Waals surface area (Å²) >= 11 is 1.48. The Hall–Kier alpha value is -2.05. The van der Waals surface area contributed by atoms with Gasteiger partial charge in [0.25, 0.3) is 5.91 Å². The van der Waals surface area contributed by atoms with Gasteiger partial charge in [-0.3, -0.25) is 9.59 Å². The number of allylic oxidation sites excluding steroid dienone is 1. The number of aliphatic hydroxyl groups is 1. The third-order valence-corrected chi connectivity index (χ3v) is 7.16. The van der Waals surface area contributed by atoms with Crippen molar-refractivity contribution in [3.63, 3.8) is 0 Å². The van der Waals surface area contributed by atoms with Crippen LogP contribution in [0.3, 0.4) is 0 Å². The Kier molecular flexibility index (Phi) is 9.97. The number of halogens is 2. The predicted octanol–water partition coefficient (Wildman–Crippen LogP) is 3.02. The molecule has 38 heavy (non-hydrogen) atoms. The molecule has 0 spiro atoms. The number of benzene rings is 1. The zero-order valence-corrected chi connectivity index (χ0v) is 23.5. The van der Waals surface area contributed by atoms with E-state index < -0.39 is 53.8 Å². The maximum absolute atomic E-state index is 13.7. The number of carbonyl (C=O) groups is 2. The van der Waals surface area contributed by atoms with Crippen LogP contribution in [-0.4, -0.2) is 83.2 Å². The summed E-state index contributed by atoms with van der Waals surface area (Å²) in [6, 6.07) is 2.24. The van der Waals surface area contributed by atoms with Gasteiger partial charge in [0.2, 0.25) is 5.91 Å². The lowest BCUT2D eigenvalue weighted by atomic mass is 9.93. The lowest BCUT2D eigenvalue weighted by Gasteiger charge is -2.45. The molecule has 2 fully saturated rings. The van der Waals surface area contributed by atoms with Crippen LogP contribution < -0.4 is 5.32 Å². The van der Waals surface area contributed by atoms with Crippen molar-refractivity contribution in [3.8, 4) is 0 Å². The number of nitrogens with one attached hydrogen (secondary N) is 1. The molecule has 3 rings (SSSR count). The Labute approximate surface area is 227 Å². The second-order valence-corrected chi connectivity index (χ2v) is 12.3. The van der Waals surface area contributed by atoms with Crippen molar-refractivity contribution in [3.05, 3.63) is 47.5 Å². The lowest BCUT2D eigenvalue weighted by Crippen LogP contribution is -2.62. The highest BCUT2D eigenvalue weighted by atomic mass is 32.2. The molecule has 2 N–H and O–H groups in total. The van der Waals surface area contributed by atoms with Gasteiger partial charge in [-0.1, -0.05) is 32.9 Å². The maximum atomic E-state index is 13.7. The third kappa shape index (κ3) is 8.22. The van der Waals surface area contributed by atoms with Crippen molar-refractivity contribution in [1.82, 2.24) is 10.2 Å². The molecule has 0 bridgehead atoms. The monoisotopic (exact) mass is 556 g/mol. The highest BCUT2D eigenvalue weighted by molar-refractivity contribution is 7.99. The molecule has 1 aromatic carbocycles. The van der Waals surface area contributed by atoms with Gasteiger partial charge in [0.15, 0.2) is 11.9 Å². The van der Waals surface area contributed by atoms with Crippen LogP contribution in [0.15, 0.2) is 30.4 Å². The summed E-state index contributed by atoms with van der Waals surface area (Å²) in [5.74, 6) is -2.64. The molecule has 2 saturated heterocycles. The molecule has 1 aromatic rings. The number of hydrogen-bond acceptors (Lipinski definition) is 7. The number of thioether (sulfide) groups is 1. The first-order valence-electron chi connectivity index (χ1n) is 12.6. The summed E-state index contributed by atoms with van der Waals surface area (Å²) in [6.45, 7) is 9.78. The van der Waals surface area contributed by atoms with Crippen LogP contribution in [-0.2, 0) is 30.3 Å². The molecular weight excluding hydrogens is 518 g/mol. The second-order valence-electron chi connectivity index (χ2n) is 11.1. The van der Waals surface area contributed by atoms with E-state index in [-0.39, 0.29) is 17.9 Å². The molecule has 1 unspecified atom stereocenters. The average molecular weight is 557 g/mol. The summed E-state index contributed by atoms with van der Waals surface area (Å²) in [6.07, 6.45) is -0.585. The van der Waals surface area contributed by atoms with Crippen molar-refractivity contribution >= 4 is 23.6 Å². The molecule has 11 heteroatoms. The van der Waals surface area contributed by atoms with Gasteiger partial charge in [0.1, 0.15) is 36.0 Å². The van der Waals surface area contributed by atoms with Gasteiger partial charge in [0.05, 0.1) is 0 Å².